The zero-order chi connectivity index (χ0) is 17.7. The fraction of sp³-hybridized carbons (Fsp3) is 0.176. The molecule has 0 bridgehead atoms. The van der Waals surface area contributed by atoms with Crippen LogP contribution in [0.3, 0.4) is 0 Å². The summed E-state index contributed by atoms with van der Waals surface area (Å²) in [4.78, 5) is 23.7. The molecule has 2 aromatic carbocycles. The molecule has 0 fully saturated rings. The molecule has 1 N–H and O–H groups in total. The van der Waals surface area contributed by atoms with Gasteiger partial charge in [0.15, 0.2) is 6.10 Å². The number of carbonyl (C=O) groups excluding carboxylic acids is 2. The molecule has 0 aliphatic carbocycles. The molecule has 0 saturated heterocycles. The van der Waals surface area contributed by atoms with Crippen LogP contribution in [-0.4, -0.2) is 18.0 Å². The maximum atomic E-state index is 13.6. The summed E-state index contributed by atoms with van der Waals surface area (Å²) in [5.74, 6) is -2.71. The number of benzene rings is 2. The lowest BCUT2D eigenvalue weighted by atomic mass is 10.1. The smallest absolute Gasteiger partial charge is 0.311 e. The number of anilines is 1. The Labute approximate surface area is 142 Å². The van der Waals surface area contributed by atoms with Gasteiger partial charge in [0.25, 0.3) is 5.91 Å². The van der Waals surface area contributed by atoms with Gasteiger partial charge in [0.2, 0.25) is 0 Å². The SMILES string of the molecule is C[C@H](OC(=O)Cc1ccccc1F)C(=O)Nc1ccc(Cl)cc1F. The highest BCUT2D eigenvalue weighted by Gasteiger charge is 2.20. The second-order valence-corrected chi connectivity index (χ2v) is 5.45. The summed E-state index contributed by atoms with van der Waals surface area (Å²) in [6, 6.07) is 9.52. The Morgan fingerprint density at radius 3 is 2.54 bits per heavy atom. The van der Waals surface area contributed by atoms with Gasteiger partial charge in [-0.2, -0.15) is 0 Å². The zero-order valence-corrected chi connectivity index (χ0v) is 13.4. The van der Waals surface area contributed by atoms with Crippen molar-refractivity contribution in [2.75, 3.05) is 5.32 Å². The summed E-state index contributed by atoms with van der Waals surface area (Å²) in [6.07, 6.45) is -1.47. The highest BCUT2D eigenvalue weighted by atomic mass is 35.5. The molecule has 4 nitrogen and oxygen atoms in total. The van der Waals surface area contributed by atoms with Gasteiger partial charge >= 0.3 is 5.97 Å². The largest absolute Gasteiger partial charge is 0.452 e. The van der Waals surface area contributed by atoms with Crippen LogP contribution < -0.4 is 5.32 Å². The molecule has 0 unspecified atom stereocenters. The Kier molecular flexibility index (Phi) is 5.87. The molecule has 0 aromatic heterocycles. The zero-order valence-electron chi connectivity index (χ0n) is 12.7. The minimum Gasteiger partial charge on any atom is -0.452 e. The predicted molar refractivity (Wildman–Crippen MR) is 85.7 cm³/mol. The highest BCUT2D eigenvalue weighted by Crippen LogP contribution is 2.19. The summed E-state index contributed by atoms with van der Waals surface area (Å²) < 4.78 is 32.0. The van der Waals surface area contributed by atoms with Crippen molar-refractivity contribution in [3.8, 4) is 0 Å². The molecule has 24 heavy (non-hydrogen) atoms. The average molecular weight is 354 g/mol. The van der Waals surface area contributed by atoms with Crippen LogP contribution in [0.4, 0.5) is 14.5 Å². The van der Waals surface area contributed by atoms with E-state index in [1.807, 2.05) is 0 Å². The van der Waals surface area contributed by atoms with Crippen molar-refractivity contribution in [3.63, 3.8) is 0 Å². The van der Waals surface area contributed by atoms with E-state index in [2.05, 4.69) is 5.32 Å². The minimum atomic E-state index is -1.17. The third kappa shape index (κ3) is 4.76. The molecule has 7 heteroatoms. The van der Waals surface area contributed by atoms with E-state index in [-0.39, 0.29) is 22.7 Å². The molecule has 0 aliphatic rings. The number of nitrogens with one attached hydrogen (secondary N) is 1. The Morgan fingerprint density at radius 1 is 1.17 bits per heavy atom. The first-order valence-corrected chi connectivity index (χ1v) is 7.43. The van der Waals surface area contributed by atoms with Crippen LogP contribution >= 0.6 is 11.6 Å². The molecule has 2 rings (SSSR count). The number of hydrogen-bond acceptors (Lipinski definition) is 3. The van der Waals surface area contributed by atoms with Gasteiger partial charge in [-0.1, -0.05) is 29.8 Å². The number of rotatable bonds is 5. The lowest BCUT2D eigenvalue weighted by Crippen LogP contribution is -2.30. The van der Waals surface area contributed by atoms with Gasteiger partial charge in [-0.15, -0.1) is 0 Å². The number of hydrogen-bond donors (Lipinski definition) is 1. The topological polar surface area (TPSA) is 55.4 Å². The van der Waals surface area contributed by atoms with Gasteiger partial charge in [-0.3, -0.25) is 9.59 Å². The van der Waals surface area contributed by atoms with Gasteiger partial charge in [0.1, 0.15) is 11.6 Å². The maximum absolute atomic E-state index is 13.6. The molecule has 0 radical (unpaired) electrons. The van der Waals surface area contributed by atoms with Crippen LogP contribution in [-0.2, 0) is 20.7 Å². The van der Waals surface area contributed by atoms with Crippen molar-refractivity contribution >= 4 is 29.2 Å². The third-order valence-corrected chi connectivity index (χ3v) is 3.39. The molecule has 0 aliphatic heterocycles. The fourth-order valence-corrected chi connectivity index (χ4v) is 2.07. The average Bonchev–Trinajstić information content (AvgIpc) is 2.52. The number of halogens is 3. The van der Waals surface area contributed by atoms with E-state index in [1.165, 1.54) is 37.3 Å². The van der Waals surface area contributed by atoms with Gasteiger partial charge in [-0.25, -0.2) is 8.78 Å². The Bertz CT molecular complexity index is 767. The van der Waals surface area contributed by atoms with Gasteiger partial charge in [0.05, 0.1) is 12.1 Å². The van der Waals surface area contributed by atoms with Gasteiger partial charge in [0, 0.05) is 5.02 Å². The first kappa shape index (κ1) is 17.9. The van der Waals surface area contributed by atoms with Crippen molar-refractivity contribution in [2.45, 2.75) is 19.4 Å². The number of carbonyl (C=O) groups is 2. The van der Waals surface area contributed by atoms with Crippen molar-refractivity contribution in [3.05, 3.63) is 64.7 Å². The monoisotopic (exact) mass is 353 g/mol. The predicted octanol–water partition coefficient (Wildman–Crippen LogP) is 3.73. The molecule has 126 valence electrons. The van der Waals surface area contributed by atoms with Crippen LogP contribution in [0.15, 0.2) is 42.5 Å². The van der Waals surface area contributed by atoms with E-state index in [0.29, 0.717) is 0 Å². The van der Waals surface area contributed by atoms with Crippen molar-refractivity contribution in [1.29, 1.82) is 0 Å². The molecule has 0 saturated carbocycles. The van der Waals surface area contributed by atoms with E-state index in [4.69, 9.17) is 16.3 Å². The fourth-order valence-electron chi connectivity index (χ4n) is 1.91. The van der Waals surface area contributed by atoms with E-state index < -0.39 is 29.6 Å². The standard InChI is InChI=1S/C17H14ClF2NO3/c1-10(17(23)21-15-7-6-12(18)9-14(15)20)24-16(22)8-11-4-2-3-5-13(11)19/h2-7,9-10H,8H2,1H3,(H,21,23)/t10-/m0/s1. The third-order valence-electron chi connectivity index (χ3n) is 3.16. The normalized spacial score (nSPS) is 11.7. The molecule has 2 aromatic rings. The first-order chi connectivity index (χ1) is 11.4. The summed E-state index contributed by atoms with van der Waals surface area (Å²) in [7, 11) is 0. The number of esters is 1. The first-order valence-electron chi connectivity index (χ1n) is 7.05. The number of amides is 1. The summed E-state index contributed by atoms with van der Waals surface area (Å²) in [5.41, 5.74) is 0.0836. The van der Waals surface area contributed by atoms with Gasteiger partial charge < -0.3 is 10.1 Å². The molecule has 0 spiro atoms. The van der Waals surface area contributed by atoms with Crippen molar-refractivity contribution in [1.82, 2.24) is 0 Å². The Morgan fingerprint density at radius 2 is 1.88 bits per heavy atom. The van der Waals surface area contributed by atoms with Crippen LogP contribution in [0.1, 0.15) is 12.5 Å². The summed E-state index contributed by atoms with van der Waals surface area (Å²) in [5, 5.41) is 2.48. The summed E-state index contributed by atoms with van der Waals surface area (Å²) >= 11 is 5.62. The van der Waals surface area contributed by atoms with Crippen LogP contribution in [0.5, 0.6) is 0 Å². The van der Waals surface area contributed by atoms with E-state index in [0.717, 1.165) is 6.07 Å². The summed E-state index contributed by atoms with van der Waals surface area (Å²) in [6.45, 7) is 1.34. The minimum absolute atomic E-state index is 0.0820. The van der Waals surface area contributed by atoms with Crippen LogP contribution in [0.25, 0.3) is 0 Å². The molecular formula is C17H14ClF2NO3. The van der Waals surface area contributed by atoms with E-state index >= 15 is 0 Å². The highest BCUT2D eigenvalue weighted by molar-refractivity contribution is 6.30. The van der Waals surface area contributed by atoms with Gasteiger partial charge in [-0.05, 0) is 36.8 Å². The molecule has 1 atom stereocenters. The lowest BCUT2D eigenvalue weighted by molar-refractivity contribution is -0.152. The quantitative estimate of drug-likeness (QED) is 0.833. The van der Waals surface area contributed by atoms with Crippen molar-refractivity contribution in [2.24, 2.45) is 0 Å². The van der Waals surface area contributed by atoms with E-state index in [9.17, 15) is 18.4 Å². The lowest BCUT2D eigenvalue weighted by Gasteiger charge is -2.14. The second kappa shape index (κ2) is 7.88. The molecule has 1 amide bonds. The van der Waals surface area contributed by atoms with Crippen molar-refractivity contribution < 1.29 is 23.1 Å². The Balaban J connectivity index is 1.93. The Hall–Kier alpha value is -2.47. The molecule has 0 heterocycles. The number of ether oxygens (including phenoxy) is 1. The molecular weight excluding hydrogens is 340 g/mol. The maximum Gasteiger partial charge on any atom is 0.311 e. The van der Waals surface area contributed by atoms with E-state index in [1.54, 1.807) is 6.07 Å². The van der Waals surface area contributed by atoms with Crippen LogP contribution in [0.2, 0.25) is 5.02 Å². The van der Waals surface area contributed by atoms with Crippen LogP contribution in [0, 0.1) is 11.6 Å². The second-order valence-electron chi connectivity index (χ2n) is 5.01.